The Hall–Kier alpha value is -1.22. The monoisotopic (exact) mass is 338 g/mol. The van der Waals surface area contributed by atoms with Gasteiger partial charge in [0, 0.05) is 11.6 Å². The molecule has 0 aliphatic heterocycles. The maximum absolute atomic E-state index is 14.0. The molecule has 0 aliphatic rings. The highest BCUT2D eigenvalue weighted by molar-refractivity contribution is 9.09. The zero-order chi connectivity index (χ0) is 15.0. The first kappa shape index (κ1) is 15.2. The molecule has 0 nitrogen and oxygen atoms in total. The Labute approximate surface area is 127 Å². The van der Waals surface area contributed by atoms with Crippen molar-refractivity contribution in [1.29, 1.82) is 0 Å². The predicted octanol–water partition coefficient (Wildman–Crippen LogP) is 5.68. The second kappa shape index (κ2) is 5.65. The topological polar surface area (TPSA) is 0 Å². The van der Waals surface area contributed by atoms with E-state index in [2.05, 4.69) is 22.0 Å². The van der Waals surface area contributed by atoms with Gasteiger partial charge in [0.15, 0.2) is 0 Å². The molecule has 1 unspecified atom stereocenters. The molecule has 2 rings (SSSR count). The van der Waals surface area contributed by atoms with Crippen molar-refractivity contribution >= 4 is 15.9 Å². The Morgan fingerprint density at radius 2 is 1.45 bits per heavy atom. The van der Waals surface area contributed by atoms with E-state index in [-0.39, 0.29) is 4.83 Å². The lowest BCUT2D eigenvalue weighted by molar-refractivity contribution is 0.574. The largest absolute Gasteiger partial charge is 0.207 e. The van der Waals surface area contributed by atoms with Gasteiger partial charge >= 0.3 is 0 Å². The molecule has 0 bridgehead atoms. The molecule has 0 amide bonds. The molecule has 0 N–H and O–H groups in total. The number of halogens is 3. The fraction of sp³-hybridized carbons (Fsp3) is 0.294. The molecule has 0 saturated heterocycles. The van der Waals surface area contributed by atoms with Crippen LogP contribution in [0.5, 0.6) is 0 Å². The Morgan fingerprint density at radius 1 is 0.900 bits per heavy atom. The molecule has 3 heteroatoms. The maximum atomic E-state index is 14.0. The van der Waals surface area contributed by atoms with Crippen LogP contribution in [-0.4, -0.2) is 0 Å². The molecule has 0 aliphatic carbocycles. The molecular weight excluding hydrogens is 322 g/mol. The van der Waals surface area contributed by atoms with Crippen LogP contribution in [0.1, 0.15) is 38.2 Å². The maximum Gasteiger partial charge on any atom is 0.130 e. The average Bonchev–Trinajstić information content (AvgIpc) is 2.36. The SMILES string of the molecule is Cc1cc(C)c(C)c(C(Br)c2ccc(F)cc2F)c1C. The number of aryl methyl sites for hydroxylation is 2. The highest BCUT2D eigenvalue weighted by Crippen LogP contribution is 2.38. The average molecular weight is 339 g/mol. The summed E-state index contributed by atoms with van der Waals surface area (Å²) in [6, 6.07) is 5.85. The van der Waals surface area contributed by atoms with E-state index in [4.69, 9.17) is 0 Å². The number of alkyl halides is 1. The normalized spacial score (nSPS) is 12.6. The lowest BCUT2D eigenvalue weighted by Gasteiger charge is -2.20. The lowest BCUT2D eigenvalue weighted by Crippen LogP contribution is -2.05. The van der Waals surface area contributed by atoms with Gasteiger partial charge in [-0.05, 0) is 61.6 Å². The molecule has 1 atom stereocenters. The Morgan fingerprint density at radius 3 is 1.95 bits per heavy atom. The van der Waals surface area contributed by atoms with Crippen LogP contribution in [0.3, 0.4) is 0 Å². The molecule has 0 fully saturated rings. The molecule has 0 radical (unpaired) electrons. The second-order valence-corrected chi connectivity index (χ2v) is 6.12. The minimum atomic E-state index is -0.556. The van der Waals surface area contributed by atoms with E-state index >= 15 is 0 Å². The highest BCUT2D eigenvalue weighted by Gasteiger charge is 2.21. The summed E-state index contributed by atoms with van der Waals surface area (Å²) < 4.78 is 27.0. The van der Waals surface area contributed by atoms with Crippen molar-refractivity contribution < 1.29 is 8.78 Å². The first-order valence-corrected chi connectivity index (χ1v) is 7.40. The molecular formula is C17H17BrF2. The summed E-state index contributed by atoms with van der Waals surface area (Å²) in [5.41, 5.74) is 6.15. The fourth-order valence-electron chi connectivity index (χ4n) is 2.49. The molecule has 2 aromatic rings. The summed E-state index contributed by atoms with van der Waals surface area (Å²) >= 11 is 3.58. The molecule has 0 spiro atoms. The van der Waals surface area contributed by atoms with Gasteiger partial charge in [-0.1, -0.05) is 28.1 Å². The Bertz CT molecular complexity index is 636. The summed E-state index contributed by atoms with van der Waals surface area (Å²) in [6.07, 6.45) is 0. The standard InChI is InChI=1S/C17H17BrF2/c1-9-7-10(2)12(4)16(11(9)3)17(18)14-6-5-13(19)8-15(14)20/h5-8,17H,1-4H3. The van der Waals surface area contributed by atoms with Crippen LogP contribution in [0.2, 0.25) is 0 Å². The van der Waals surface area contributed by atoms with Gasteiger partial charge < -0.3 is 0 Å². The molecule has 20 heavy (non-hydrogen) atoms. The van der Waals surface area contributed by atoms with E-state index in [0.29, 0.717) is 5.56 Å². The van der Waals surface area contributed by atoms with Gasteiger partial charge in [-0.3, -0.25) is 0 Å². The van der Waals surface area contributed by atoms with E-state index in [1.54, 1.807) is 0 Å². The first-order chi connectivity index (χ1) is 9.32. The van der Waals surface area contributed by atoms with E-state index in [1.165, 1.54) is 23.3 Å². The number of hydrogen-bond acceptors (Lipinski definition) is 0. The molecule has 2 aromatic carbocycles. The number of rotatable bonds is 2. The summed E-state index contributed by atoms with van der Waals surface area (Å²) in [5, 5.41) is 0. The van der Waals surface area contributed by atoms with Crippen LogP contribution >= 0.6 is 15.9 Å². The van der Waals surface area contributed by atoms with Crippen LogP contribution in [0.25, 0.3) is 0 Å². The van der Waals surface area contributed by atoms with Crippen molar-refractivity contribution in [3.05, 3.63) is 69.3 Å². The zero-order valence-electron chi connectivity index (χ0n) is 12.0. The minimum Gasteiger partial charge on any atom is -0.207 e. The predicted molar refractivity (Wildman–Crippen MR) is 82.5 cm³/mol. The lowest BCUT2D eigenvalue weighted by atomic mass is 9.90. The van der Waals surface area contributed by atoms with Crippen LogP contribution in [0, 0.1) is 39.3 Å². The third-order valence-electron chi connectivity index (χ3n) is 3.91. The van der Waals surface area contributed by atoms with E-state index in [9.17, 15) is 8.78 Å². The molecule has 0 saturated carbocycles. The van der Waals surface area contributed by atoms with Gasteiger partial charge in [-0.25, -0.2) is 8.78 Å². The number of hydrogen-bond donors (Lipinski definition) is 0. The molecule has 0 aromatic heterocycles. The smallest absolute Gasteiger partial charge is 0.130 e. The van der Waals surface area contributed by atoms with Gasteiger partial charge in [-0.2, -0.15) is 0 Å². The summed E-state index contributed by atoms with van der Waals surface area (Å²) in [6.45, 7) is 8.16. The molecule has 0 heterocycles. The van der Waals surface area contributed by atoms with Gasteiger partial charge in [0.25, 0.3) is 0 Å². The van der Waals surface area contributed by atoms with Crippen molar-refractivity contribution in [2.45, 2.75) is 32.5 Å². The van der Waals surface area contributed by atoms with E-state index < -0.39 is 11.6 Å². The van der Waals surface area contributed by atoms with Gasteiger partial charge in [-0.15, -0.1) is 0 Å². The fourth-order valence-corrected chi connectivity index (χ4v) is 3.55. The molecule has 106 valence electrons. The van der Waals surface area contributed by atoms with Crippen molar-refractivity contribution in [1.82, 2.24) is 0 Å². The Kier molecular flexibility index (Phi) is 4.28. The second-order valence-electron chi connectivity index (χ2n) is 5.20. The van der Waals surface area contributed by atoms with Crippen molar-refractivity contribution in [3.8, 4) is 0 Å². The van der Waals surface area contributed by atoms with Crippen LogP contribution < -0.4 is 0 Å². The van der Waals surface area contributed by atoms with Crippen molar-refractivity contribution in [2.75, 3.05) is 0 Å². The van der Waals surface area contributed by atoms with Crippen LogP contribution in [0.4, 0.5) is 8.78 Å². The minimum absolute atomic E-state index is 0.276. The van der Waals surface area contributed by atoms with Crippen molar-refractivity contribution in [3.63, 3.8) is 0 Å². The first-order valence-electron chi connectivity index (χ1n) is 6.49. The summed E-state index contributed by atoms with van der Waals surface area (Å²) in [7, 11) is 0. The quantitative estimate of drug-likeness (QED) is 0.617. The third kappa shape index (κ3) is 2.64. The van der Waals surface area contributed by atoms with Crippen LogP contribution in [0.15, 0.2) is 24.3 Å². The number of benzene rings is 2. The third-order valence-corrected chi connectivity index (χ3v) is 4.86. The van der Waals surface area contributed by atoms with E-state index in [0.717, 1.165) is 22.8 Å². The zero-order valence-corrected chi connectivity index (χ0v) is 13.6. The van der Waals surface area contributed by atoms with Gasteiger partial charge in [0.2, 0.25) is 0 Å². The van der Waals surface area contributed by atoms with Crippen molar-refractivity contribution in [2.24, 2.45) is 0 Å². The Balaban J connectivity index is 2.62. The van der Waals surface area contributed by atoms with Gasteiger partial charge in [0.05, 0.1) is 4.83 Å². The van der Waals surface area contributed by atoms with Gasteiger partial charge in [0.1, 0.15) is 11.6 Å². The summed E-state index contributed by atoms with van der Waals surface area (Å²) in [4.78, 5) is -0.276. The van der Waals surface area contributed by atoms with E-state index in [1.807, 2.05) is 27.7 Å². The van der Waals surface area contributed by atoms with Crippen LogP contribution in [-0.2, 0) is 0 Å². The highest BCUT2D eigenvalue weighted by atomic mass is 79.9. The summed E-state index contributed by atoms with van der Waals surface area (Å²) in [5.74, 6) is -1.08.